The monoisotopic (exact) mass is 514 g/mol. The largest absolute Gasteiger partial charge is 0.496 e. The van der Waals surface area contributed by atoms with Gasteiger partial charge < -0.3 is 24.3 Å². The fourth-order valence-electron chi connectivity index (χ4n) is 4.33. The van der Waals surface area contributed by atoms with Crippen molar-refractivity contribution in [2.75, 3.05) is 43.5 Å². The van der Waals surface area contributed by atoms with E-state index in [-0.39, 0.29) is 16.9 Å². The number of amides is 2. The van der Waals surface area contributed by atoms with Crippen LogP contribution in [0.15, 0.2) is 83.3 Å². The van der Waals surface area contributed by atoms with Crippen LogP contribution in [0.1, 0.15) is 20.9 Å². The molecule has 1 aliphatic rings. The molecule has 1 aliphatic heterocycles. The minimum absolute atomic E-state index is 0.0842. The number of nitrogens with zero attached hydrogens (tertiary/aromatic N) is 2. The van der Waals surface area contributed by atoms with Crippen molar-refractivity contribution in [3.8, 4) is 5.75 Å². The molecular weight excluding hydrogens is 488 g/mol. The number of fused-ring (bicyclic) bond motifs is 1. The number of thiocarbonyl (C=S) groups is 1. The lowest BCUT2D eigenvalue weighted by Crippen LogP contribution is -2.48. The predicted octanol–water partition coefficient (Wildman–Crippen LogP) is 4.53. The van der Waals surface area contributed by atoms with Crippen LogP contribution in [0, 0.1) is 0 Å². The Labute approximate surface area is 219 Å². The van der Waals surface area contributed by atoms with Crippen LogP contribution in [-0.4, -0.2) is 55.1 Å². The molecule has 9 heteroatoms. The number of rotatable bonds is 5. The number of carbonyl (C=O) groups is 2. The summed E-state index contributed by atoms with van der Waals surface area (Å²) in [5, 5.41) is 6.84. The molecule has 0 unspecified atom stereocenters. The van der Waals surface area contributed by atoms with Gasteiger partial charge in [0.05, 0.1) is 12.7 Å². The number of methoxy groups -OCH3 is 1. The Kier molecular flexibility index (Phi) is 7.04. The first-order chi connectivity index (χ1) is 18.0. The van der Waals surface area contributed by atoms with Crippen molar-refractivity contribution in [1.82, 2.24) is 10.2 Å². The number of hydrogen-bond acceptors (Lipinski definition) is 6. The van der Waals surface area contributed by atoms with Gasteiger partial charge >= 0.3 is 0 Å². The van der Waals surface area contributed by atoms with Crippen molar-refractivity contribution in [1.29, 1.82) is 0 Å². The van der Waals surface area contributed by atoms with Gasteiger partial charge in [-0.25, -0.2) is 0 Å². The highest BCUT2D eigenvalue weighted by Gasteiger charge is 2.24. The van der Waals surface area contributed by atoms with Gasteiger partial charge in [-0.15, -0.1) is 0 Å². The van der Waals surface area contributed by atoms with Crippen molar-refractivity contribution >= 4 is 51.5 Å². The SMILES string of the molecule is COc1ccccc1C(=O)NC(=S)Nc1ccc(N2CCN(C(=O)c3cc4ccccc4o3)CC2)cc1. The van der Waals surface area contributed by atoms with Crippen molar-refractivity contribution < 1.29 is 18.7 Å². The highest BCUT2D eigenvalue weighted by molar-refractivity contribution is 7.80. The molecule has 37 heavy (non-hydrogen) atoms. The molecular formula is C28H26N4O4S. The maximum atomic E-state index is 12.9. The Morgan fingerprint density at radius 2 is 1.62 bits per heavy atom. The number of hydrogen-bond donors (Lipinski definition) is 2. The molecule has 2 N–H and O–H groups in total. The number of anilines is 2. The molecule has 0 aliphatic carbocycles. The van der Waals surface area contributed by atoms with Crippen molar-refractivity contribution in [2.45, 2.75) is 0 Å². The standard InChI is InChI=1S/C28H26N4O4S/c1-35-24-9-5-3-7-22(24)26(33)30-28(37)29-20-10-12-21(13-11-20)31-14-16-32(17-15-31)27(34)25-18-19-6-2-4-8-23(19)36-25/h2-13,18H,14-17H2,1H3,(H2,29,30,33,37). The van der Waals surface area contributed by atoms with E-state index in [9.17, 15) is 9.59 Å². The summed E-state index contributed by atoms with van der Waals surface area (Å²) in [6.45, 7) is 2.64. The second kappa shape index (κ2) is 10.7. The second-order valence-electron chi connectivity index (χ2n) is 8.58. The number of piperazine rings is 1. The Balaban J connectivity index is 1.14. The van der Waals surface area contributed by atoms with Crippen LogP contribution in [0.5, 0.6) is 5.75 Å². The minimum Gasteiger partial charge on any atom is -0.496 e. The fourth-order valence-corrected chi connectivity index (χ4v) is 4.54. The molecule has 4 aromatic rings. The summed E-state index contributed by atoms with van der Waals surface area (Å²) in [5.74, 6) is 0.422. The zero-order valence-electron chi connectivity index (χ0n) is 20.3. The van der Waals surface area contributed by atoms with Gasteiger partial charge in [-0.05, 0) is 60.7 Å². The summed E-state index contributed by atoms with van der Waals surface area (Å²) in [6.07, 6.45) is 0. The van der Waals surface area contributed by atoms with E-state index < -0.39 is 0 Å². The Morgan fingerprint density at radius 1 is 0.919 bits per heavy atom. The van der Waals surface area contributed by atoms with E-state index in [1.807, 2.05) is 53.4 Å². The first kappa shape index (κ1) is 24.3. The lowest BCUT2D eigenvalue weighted by molar-refractivity contribution is 0.0717. The molecule has 188 valence electrons. The number of ether oxygens (including phenoxy) is 1. The van der Waals surface area contributed by atoms with Crippen LogP contribution in [-0.2, 0) is 0 Å². The van der Waals surface area contributed by atoms with Gasteiger partial charge in [0.15, 0.2) is 10.9 Å². The Hall–Kier alpha value is -4.37. The summed E-state index contributed by atoms with van der Waals surface area (Å²) in [5.41, 5.74) is 2.93. The van der Waals surface area contributed by atoms with Crippen LogP contribution in [0.4, 0.5) is 11.4 Å². The van der Waals surface area contributed by atoms with Gasteiger partial charge in [0.1, 0.15) is 11.3 Å². The fraction of sp³-hybridized carbons (Fsp3) is 0.179. The first-order valence-corrected chi connectivity index (χ1v) is 12.3. The molecule has 2 heterocycles. The average molecular weight is 515 g/mol. The molecule has 1 saturated heterocycles. The summed E-state index contributed by atoms with van der Waals surface area (Å²) < 4.78 is 11.0. The molecule has 0 saturated carbocycles. The number of para-hydroxylation sites is 2. The smallest absolute Gasteiger partial charge is 0.289 e. The lowest BCUT2D eigenvalue weighted by Gasteiger charge is -2.35. The third-order valence-electron chi connectivity index (χ3n) is 6.27. The van der Waals surface area contributed by atoms with Crippen LogP contribution in [0.25, 0.3) is 11.0 Å². The van der Waals surface area contributed by atoms with Crippen molar-refractivity contribution in [3.63, 3.8) is 0 Å². The van der Waals surface area contributed by atoms with Gasteiger partial charge in [0, 0.05) is 42.9 Å². The first-order valence-electron chi connectivity index (χ1n) is 11.9. The third-order valence-corrected chi connectivity index (χ3v) is 6.48. The maximum Gasteiger partial charge on any atom is 0.289 e. The number of furan rings is 1. The Bertz CT molecular complexity index is 1410. The molecule has 0 bridgehead atoms. The number of nitrogens with one attached hydrogen (secondary N) is 2. The zero-order chi connectivity index (χ0) is 25.8. The second-order valence-corrected chi connectivity index (χ2v) is 8.99. The predicted molar refractivity (Wildman–Crippen MR) is 147 cm³/mol. The number of carbonyl (C=O) groups excluding carboxylic acids is 2. The van der Waals surface area contributed by atoms with Crippen LogP contribution in [0.2, 0.25) is 0 Å². The van der Waals surface area contributed by atoms with Gasteiger partial charge in [-0.3, -0.25) is 14.9 Å². The quantitative estimate of drug-likeness (QED) is 0.379. The van der Waals surface area contributed by atoms with Crippen LogP contribution >= 0.6 is 12.2 Å². The molecule has 0 spiro atoms. The summed E-state index contributed by atoms with van der Waals surface area (Å²) >= 11 is 5.31. The van der Waals surface area contributed by atoms with E-state index in [4.69, 9.17) is 21.4 Å². The number of benzene rings is 3. The normalized spacial score (nSPS) is 13.3. The summed E-state index contributed by atoms with van der Waals surface area (Å²) in [4.78, 5) is 29.5. The Morgan fingerprint density at radius 3 is 2.35 bits per heavy atom. The molecule has 8 nitrogen and oxygen atoms in total. The van der Waals surface area contributed by atoms with E-state index in [2.05, 4.69) is 15.5 Å². The van der Waals surface area contributed by atoms with E-state index >= 15 is 0 Å². The average Bonchev–Trinajstić information content (AvgIpc) is 3.37. The van der Waals surface area contributed by atoms with Gasteiger partial charge in [-0.1, -0.05) is 30.3 Å². The molecule has 3 aromatic carbocycles. The highest BCUT2D eigenvalue weighted by atomic mass is 32.1. The van der Waals surface area contributed by atoms with E-state index in [0.717, 1.165) is 22.3 Å². The topological polar surface area (TPSA) is 87.0 Å². The summed E-state index contributed by atoms with van der Waals surface area (Å²) in [6, 6.07) is 24.2. The molecule has 1 fully saturated rings. The molecule has 5 rings (SSSR count). The molecule has 1 aromatic heterocycles. The zero-order valence-corrected chi connectivity index (χ0v) is 21.1. The van der Waals surface area contributed by atoms with Crippen molar-refractivity contribution in [2.24, 2.45) is 0 Å². The van der Waals surface area contributed by atoms with Crippen LogP contribution in [0.3, 0.4) is 0 Å². The maximum absolute atomic E-state index is 12.9. The van der Waals surface area contributed by atoms with Gasteiger partial charge in [-0.2, -0.15) is 0 Å². The van der Waals surface area contributed by atoms with E-state index in [1.165, 1.54) is 7.11 Å². The molecule has 0 radical (unpaired) electrons. The van der Waals surface area contributed by atoms with E-state index in [0.29, 0.717) is 43.3 Å². The minimum atomic E-state index is -0.346. The van der Waals surface area contributed by atoms with Gasteiger partial charge in [0.2, 0.25) is 0 Å². The van der Waals surface area contributed by atoms with Crippen LogP contribution < -0.4 is 20.3 Å². The van der Waals surface area contributed by atoms with Gasteiger partial charge in [0.25, 0.3) is 11.8 Å². The highest BCUT2D eigenvalue weighted by Crippen LogP contribution is 2.23. The third kappa shape index (κ3) is 5.41. The molecule has 2 amide bonds. The summed E-state index contributed by atoms with van der Waals surface area (Å²) in [7, 11) is 1.52. The van der Waals surface area contributed by atoms with E-state index in [1.54, 1.807) is 30.3 Å². The lowest BCUT2D eigenvalue weighted by atomic mass is 10.2. The van der Waals surface area contributed by atoms with Crippen molar-refractivity contribution in [3.05, 3.63) is 90.2 Å². The molecule has 0 atom stereocenters.